The summed E-state index contributed by atoms with van der Waals surface area (Å²) in [5.74, 6) is 0.627. The summed E-state index contributed by atoms with van der Waals surface area (Å²) in [4.78, 5) is 14.7. The lowest BCUT2D eigenvalue weighted by Gasteiger charge is -2.39. The van der Waals surface area contributed by atoms with E-state index in [0.717, 1.165) is 29.7 Å². The van der Waals surface area contributed by atoms with E-state index in [2.05, 4.69) is 13.0 Å². The fraction of sp³-hybridized carbons (Fsp3) is 0.562. The SMILES string of the molecule is Cc1cc(C)cc(C(=O)N2CCCC(C)C2CN)c1. The van der Waals surface area contributed by atoms with Crippen molar-refractivity contribution in [1.29, 1.82) is 0 Å². The van der Waals surface area contributed by atoms with Gasteiger partial charge < -0.3 is 10.6 Å². The molecular formula is C16H24N2O. The van der Waals surface area contributed by atoms with Crippen molar-refractivity contribution in [3.63, 3.8) is 0 Å². The fourth-order valence-electron chi connectivity index (χ4n) is 3.12. The minimum Gasteiger partial charge on any atom is -0.334 e. The molecule has 1 heterocycles. The number of carbonyl (C=O) groups excluding carboxylic acids is 1. The molecule has 1 aromatic rings. The minimum absolute atomic E-state index is 0.133. The van der Waals surface area contributed by atoms with Gasteiger partial charge in [-0.3, -0.25) is 4.79 Å². The van der Waals surface area contributed by atoms with Gasteiger partial charge in [-0.1, -0.05) is 24.1 Å². The van der Waals surface area contributed by atoms with Crippen LogP contribution in [0.3, 0.4) is 0 Å². The number of nitrogens with two attached hydrogens (primary N) is 1. The Labute approximate surface area is 115 Å². The number of piperidine rings is 1. The lowest BCUT2D eigenvalue weighted by Crippen LogP contribution is -2.51. The van der Waals surface area contributed by atoms with Crippen molar-refractivity contribution >= 4 is 5.91 Å². The lowest BCUT2D eigenvalue weighted by atomic mass is 9.90. The summed E-state index contributed by atoms with van der Waals surface area (Å²) in [6.07, 6.45) is 2.24. The van der Waals surface area contributed by atoms with E-state index in [0.29, 0.717) is 12.5 Å². The number of amides is 1. The molecule has 1 fully saturated rings. The third kappa shape index (κ3) is 2.98. The van der Waals surface area contributed by atoms with E-state index >= 15 is 0 Å². The molecule has 3 heteroatoms. The van der Waals surface area contributed by atoms with Crippen LogP contribution in [-0.4, -0.2) is 29.9 Å². The summed E-state index contributed by atoms with van der Waals surface area (Å²) in [5.41, 5.74) is 8.94. The summed E-state index contributed by atoms with van der Waals surface area (Å²) in [7, 11) is 0. The highest BCUT2D eigenvalue weighted by Crippen LogP contribution is 2.24. The molecule has 2 N–H and O–H groups in total. The van der Waals surface area contributed by atoms with Gasteiger partial charge in [-0.15, -0.1) is 0 Å². The van der Waals surface area contributed by atoms with Crippen LogP contribution in [0, 0.1) is 19.8 Å². The molecule has 3 nitrogen and oxygen atoms in total. The van der Waals surface area contributed by atoms with Gasteiger partial charge in [0, 0.05) is 24.7 Å². The Morgan fingerprint density at radius 3 is 2.53 bits per heavy atom. The molecule has 0 saturated carbocycles. The van der Waals surface area contributed by atoms with Gasteiger partial charge in [0.25, 0.3) is 5.91 Å². The second-order valence-corrected chi connectivity index (χ2v) is 5.80. The van der Waals surface area contributed by atoms with Crippen LogP contribution in [0.2, 0.25) is 0 Å². The van der Waals surface area contributed by atoms with E-state index in [-0.39, 0.29) is 11.9 Å². The van der Waals surface area contributed by atoms with Crippen LogP contribution in [0.15, 0.2) is 18.2 Å². The van der Waals surface area contributed by atoms with Crippen molar-refractivity contribution in [3.05, 3.63) is 34.9 Å². The zero-order valence-corrected chi connectivity index (χ0v) is 12.1. The number of hydrogen-bond donors (Lipinski definition) is 1. The van der Waals surface area contributed by atoms with E-state index in [1.807, 2.05) is 30.9 Å². The summed E-state index contributed by atoms with van der Waals surface area (Å²) in [6, 6.07) is 6.22. The van der Waals surface area contributed by atoms with Crippen molar-refractivity contribution in [2.75, 3.05) is 13.1 Å². The average Bonchev–Trinajstić information content (AvgIpc) is 2.36. The van der Waals surface area contributed by atoms with Gasteiger partial charge in [0.1, 0.15) is 0 Å². The first-order chi connectivity index (χ1) is 9.02. The van der Waals surface area contributed by atoms with Crippen molar-refractivity contribution in [1.82, 2.24) is 4.90 Å². The highest BCUT2D eigenvalue weighted by atomic mass is 16.2. The minimum atomic E-state index is 0.133. The predicted molar refractivity (Wildman–Crippen MR) is 78.2 cm³/mol. The third-order valence-electron chi connectivity index (χ3n) is 4.09. The molecule has 0 spiro atoms. The molecule has 2 unspecified atom stereocenters. The van der Waals surface area contributed by atoms with Gasteiger partial charge >= 0.3 is 0 Å². The topological polar surface area (TPSA) is 46.3 Å². The first-order valence-electron chi connectivity index (χ1n) is 7.12. The molecule has 1 aliphatic heterocycles. The van der Waals surface area contributed by atoms with Gasteiger partial charge in [-0.05, 0) is 44.7 Å². The standard InChI is InChI=1S/C16H24N2O/c1-11-7-12(2)9-14(8-11)16(19)18-6-4-5-13(3)15(18)10-17/h7-9,13,15H,4-6,10,17H2,1-3H3. The Hall–Kier alpha value is -1.35. The van der Waals surface area contributed by atoms with Crippen LogP contribution in [0.25, 0.3) is 0 Å². The second-order valence-electron chi connectivity index (χ2n) is 5.80. The van der Waals surface area contributed by atoms with Crippen LogP contribution in [0.5, 0.6) is 0 Å². The summed E-state index contributed by atoms with van der Waals surface area (Å²) < 4.78 is 0. The molecule has 1 saturated heterocycles. The molecule has 19 heavy (non-hydrogen) atoms. The van der Waals surface area contributed by atoms with E-state index in [1.165, 1.54) is 6.42 Å². The Balaban J connectivity index is 2.26. The van der Waals surface area contributed by atoms with Crippen molar-refractivity contribution < 1.29 is 4.79 Å². The van der Waals surface area contributed by atoms with Crippen LogP contribution < -0.4 is 5.73 Å². The summed E-state index contributed by atoms with van der Waals surface area (Å²) >= 11 is 0. The largest absolute Gasteiger partial charge is 0.334 e. The zero-order chi connectivity index (χ0) is 14.0. The van der Waals surface area contributed by atoms with Crippen LogP contribution in [0.4, 0.5) is 0 Å². The smallest absolute Gasteiger partial charge is 0.254 e. The number of hydrogen-bond acceptors (Lipinski definition) is 2. The number of likely N-dealkylation sites (tertiary alicyclic amines) is 1. The first-order valence-corrected chi connectivity index (χ1v) is 7.12. The lowest BCUT2D eigenvalue weighted by molar-refractivity contribution is 0.0532. The summed E-state index contributed by atoms with van der Waals surface area (Å²) in [6.45, 7) is 7.64. The van der Waals surface area contributed by atoms with Gasteiger partial charge in [0.2, 0.25) is 0 Å². The quantitative estimate of drug-likeness (QED) is 0.888. The highest BCUT2D eigenvalue weighted by Gasteiger charge is 2.31. The third-order valence-corrected chi connectivity index (χ3v) is 4.09. The monoisotopic (exact) mass is 260 g/mol. The van der Waals surface area contributed by atoms with Crippen molar-refractivity contribution in [2.24, 2.45) is 11.7 Å². The number of benzene rings is 1. The van der Waals surface area contributed by atoms with Gasteiger partial charge in [-0.25, -0.2) is 0 Å². The number of aryl methyl sites for hydroxylation is 2. The normalized spacial score (nSPS) is 23.5. The zero-order valence-electron chi connectivity index (χ0n) is 12.1. The maximum atomic E-state index is 12.7. The predicted octanol–water partition coefficient (Wildman–Crippen LogP) is 2.50. The number of rotatable bonds is 2. The van der Waals surface area contributed by atoms with Gasteiger partial charge in [0.15, 0.2) is 0 Å². The molecule has 1 aromatic carbocycles. The first kappa shape index (κ1) is 14.1. The van der Waals surface area contributed by atoms with Gasteiger partial charge in [-0.2, -0.15) is 0 Å². The highest BCUT2D eigenvalue weighted by molar-refractivity contribution is 5.95. The van der Waals surface area contributed by atoms with E-state index in [9.17, 15) is 4.79 Å². The average molecular weight is 260 g/mol. The van der Waals surface area contributed by atoms with Crippen molar-refractivity contribution in [3.8, 4) is 0 Å². The maximum absolute atomic E-state index is 12.7. The Morgan fingerprint density at radius 2 is 1.95 bits per heavy atom. The molecule has 0 aromatic heterocycles. The Bertz CT molecular complexity index is 450. The fourth-order valence-corrected chi connectivity index (χ4v) is 3.12. The molecule has 2 atom stereocenters. The Morgan fingerprint density at radius 1 is 1.32 bits per heavy atom. The molecule has 0 radical (unpaired) electrons. The van der Waals surface area contributed by atoms with Gasteiger partial charge in [0.05, 0.1) is 0 Å². The second kappa shape index (κ2) is 5.74. The van der Waals surface area contributed by atoms with E-state index < -0.39 is 0 Å². The van der Waals surface area contributed by atoms with Crippen molar-refractivity contribution in [2.45, 2.75) is 39.7 Å². The molecule has 0 bridgehead atoms. The molecular weight excluding hydrogens is 236 g/mol. The summed E-state index contributed by atoms with van der Waals surface area (Å²) in [5, 5.41) is 0. The molecule has 1 amide bonds. The molecule has 0 aliphatic carbocycles. The molecule has 2 rings (SSSR count). The van der Waals surface area contributed by atoms with Crippen LogP contribution >= 0.6 is 0 Å². The maximum Gasteiger partial charge on any atom is 0.254 e. The molecule has 104 valence electrons. The Kier molecular flexibility index (Phi) is 4.25. The number of carbonyl (C=O) groups is 1. The molecule has 1 aliphatic rings. The number of nitrogens with zero attached hydrogens (tertiary/aromatic N) is 1. The van der Waals surface area contributed by atoms with Crippen LogP contribution in [-0.2, 0) is 0 Å². The van der Waals surface area contributed by atoms with E-state index in [4.69, 9.17) is 5.73 Å². The van der Waals surface area contributed by atoms with Crippen LogP contribution in [0.1, 0.15) is 41.3 Å². The van der Waals surface area contributed by atoms with E-state index in [1.54, 1.807) is 0 Å².